The van der Waals surface area contributed by atoms with E-state index in [2.05, 4.69) is 205 Å². The average Bonchev–Trinajstić information content (AvgIpc) is 3.62. The van der Waals surface area contributed by atoms with Crippen LogP contribution in [0.15, 0.2) is 200 Å². The summed E-state index contributed by atoms with van der Waals surface area (Å²) in [5.74, 6) is 0. The molecule has 1 aromatic heterocycles. The van der Waals surface area contributed by atoms with Crippen LogP contribution in [0.3, 0.4) is 0 Å². The van der Waals surface area contributed by atoms with Crippen molar-refractivity contribution >= 4 is 70.1 Å². The molecule has 52 heavy (non-hydrogen) atoms. The van der Waals surface area contributed by atoms with E-state index in [1.165, 1.54) is 80.8 Å². The van der Waals surface area contributed by atoms with E-state index >= 15 is 0 Å². The number of rotatable bonds is 6. The Morgan fingerprint density at radius 2 is 0.885 bits per heavy atom. The highest BCUT2D eigenvalue weighted by Gasteiger charge is 2.22. The van der Waals surface area contributed by atoms with Gasteiger partial charge in [0.2, 0.25) is 0 Å². The fourth-order valence-electron chi connectivity index (χ4n) is 7.81. The van der Waals surface area contributed by atoms with Crippen LogP contribution in [0, 0.1) is 0 Å². The van der Waals surface area contributed by atoms with Gasteiger partial charge < -0.3 is 4.90 Å². The van der Waals surface area contributed by atoms with Gasteiger partial charge in [0.1, 0.15) is 0 Å². The Bertz CT molecular complexity index is 2890. The predicted octanol–water partition coefficient (Wildman–Crippen LogP) is 14.8. The van der Waals surface area contributed by atoms with Crippen LogP contribution in [0.1, 0.15) is 0 Å². The Labute approximate surface area is 307 Å². The quantitative estimate of drug-likeness (QED) is 0.158. The summed E-state index contributed by atoms with van der Waals surface area (Å²) in [6.07, 6.45) is 0. The van der Waals surface area contributed by atoms with Crippen molar-refractivity contribution < 1.29 is 0 Å². The van der Waals surface area contributed by atoms with Gasteiger partial charge in [-0.2, -0.15) is 0 Å². The summed E-state index contributed by atoms with van der Waals surface area (Å²) in [4.78, 5) is 2.48. The van der Waals surface area contributed by atoms with E-state index in [4.69, 9.17) is 0 Å². The second-order valence-electron chi connectivity index (χ2n) is 13.3. The Morgan fingerprint density at radius 3 is 1.63 bits per heavy atom. The number of thiophene rings is 1. The van der Waals surface area contributed by atoms with E-state index in [-0.39, 0.29) is 0 Å². The van der Waals surface area contributed by atoms with Gasteiger partial charge >= 0.3 is 0 Å². The zero-order valence-corrected chi connectivity index (χ0v) is 29.2. The van der Waals surface area contributed by atoms with Crippen molar-refractivity contribution in [1.29, 1.82) is 0 Å². The van der Waals surface area contributed by atoms with Gasteiger partial charge in [-0.1, -0.05) is 164 Å². The van der Waals surface area contributed by atoms with Gasteiger partial charge in [0, 0.05) is 31.5 Å². The van der Waals surface area contributed by atoms with Gasteiger partial charge in [0.05, 0.1) is 5.69 Å². The first-order valence-electron chi connectivity index (χ1n) is 17.8. The average molecular weight is 680 g/mol. The molecule has 0 unspecified atom stereocenters. The molecule has 10 rings (SSSR count). The molecular weight excluding hydrogens is 647 g/mol. The number of fused-ring (bicyclic) bond motifs is 6. The number of nitrogens with zero attached hydrogens (tertiary/aromatic N) is 1. The summed E-state index contributed by atoms with van der Waals surface area (Å²) in [7, 11) is 0. The van der Waals surface area contributed by atoms with Crippen LogP contribution in [0.2, 0.25) is 0 Å². The maximum absolute atomic E-state index is 2.48. The molecule has 0 spiro atoms. The van der Waals surface area contributed by atoms with Crippen molar-refractivity contribution in [3.05, 3.63) is 200 Å². The summed E-state index contributed by atoms with van der Waals surface area (Å²) in [5.41, 5.74) is 10.7. The van der Waals surface area contributed by atoms with E-state index < -0.39 is 0 Å². The monoisotopic (exact) mass is 679 g/mol. The Morgan fingerprint density at radius 1 is 0.346 bits per heavy atom. The lowest BCUT2D eigenvalue weighted by molar-refractivity contribution is 1.31. The first kappa shape index (κ1) is 30.4. The van der Waals surface area contributed by atoms with Crippen LogP contribution in [0.4, 0.5) is 17.1 Å². The largest absolute Gasteiger partial charge is 0.310 e. The lowest BCUT2D eigenvalue weighted by atomic mass is 9.93. The van der Waals surface area contributed by atoms with Crippen LogP contribution in [-0.2, 0) is 0 Å². The SMILES string of the molecule is c1ccc(-c2ccc(N(c3ccc4c(ccc5ccccc54)c3)c3ccc(-c4ccccc4)c4sc5ccccc5c34)cc2-c2ccccc2)cc1. The van der Waals surface area contributed by atoms with E-state index in [0.29, 0.717) is 0 Å². The van der Waals surface area contributed by atoms with Gasteiger partial charge in [0.25, 0.3) is 0 Å². The third-order valence-electron chi connectivity index (χ3n) is 10.2. The molecule has 0 atom stereocenters. The van der Waals surface area contributed by atoms with Crippen molar-refractivity contribution in [2.75, 3.05) is 4.90 Å². The molecule has 0 amide bonds. The molecule has 9 aromatic carbocycles. The minimum absolute atomic E-state index is 1.11. The Hall–Kier alpha value is -6.48. The third-order valence-corrected chi connectivity index (χ3v) is 11.5. The van der Waals surface area contributed by atoms with Crippen LogP contribution in [0.5, 0.6) is 0 Å². The molecule has 0 radical (unpaired) electrons. The molecule has 0 saturated carbocycles. The first-order valence-corrected chi connectivity index (χ1v) is 18.6. The van der Waals surface area contributed by atoms with Crippen molar-refractivity contribution in [3.63, 3.8) is 0 Å². The first-order chi connectivity index (χ1) is 25.8. The van der Waals surface area contributed by atoms with Crippen LogP contribution >= 0.6 is 11.3 Å². The zero-order valence-electron chi connectivity index (χ0n) is 28.4. The predicted molar refractivity (Wildman–Crippen MR) is 225 cm³/mol. The van der Waals surface area contributed by atoms with Gasteiger partial charge in [-0.25, -0.2) is 0 Å². The number of hydrogen-bond donors (Lipinski definition) is 0. The zero-order chi connectivity index (χ0) is 34.4. The van der Waals surface area contributed by atoms with Gasteiger partial charge in [0.15, 0.2) is 0 Å². The van der Waals surface area contributed by atoms with Gasteiger partial charge in [-0.15, -0.1) is 11.3 Å². The molecule has 0 aliphatic carbocycles. The molecular formula is C50H33NS. The normalized spacial score (nSPS) is 11.5. The van der Waals surface area contributed by atoms with Crippen LogP contribution in [0.25, 0.3) is 75.1 Å². The highest BCUT2D eigenvalue weighted by molar-refractivity contribution is 7.26. The smallest absolute Gasteiger partial charge is 0.0555 e. The van der Waals surface area contributed by atoms with Crippen molar-refractivity contribution in [1.82, 2.24) is 0 Å². The lowest BCUT2D eigenvalue weighted by Crippen LogP contribution is -2.11. The van der Waals surface area contributed by atoms with E-state index in [0.717, 1.165) is 11.4 Å². The van der Waals surface area contributed by atoms with Gasteiger partial charge in [-0.3, -0.25) is 0 Å². The Kier molecular flexibility index (Phi) is 7.41. The molecule has 1 nitrogen and oxygen atoms in total. The second-order valence-corrected chi connectivity index (χ2v) is 14.3. The van der Waals surface area contributed by atoms with E-state index in [1.54, 1.807) is 0 Å². The number of anilines is 3. The van der Waals surface area contributed by atoms with Crippen molar-refractivity contribution in [2.24, 2.45) is 0 Å². The van der Waals surface area contributed by atoms with Crippen LogP contribution < -0.4 is 4.90 Å². The van der Waals surface area contributed by atoms with Crippen molar-refractivity contribution in [3.8, 4) is 33.4 Å². The Balaban J connectivity index is 1.28. The van der Waals surface area contributed by atoms with Gasteiger partial charge in [-0.05, 0) is 91.3 Å². The molecule has 0 N–H and O–H groups in total. The maximum Gasteiger partial charge on any atom is 0.0555 e. The number of benzene rings is 9. The molecule has 2 heteroatoms. The minimum Gasteiger partial charge on any atom is -0.310 e. The topological polar surface area (TPSA) is 3.24 Å². The molecule has 0 fully saturated rings. The molecule has 10 aromatic rings. The summed E-state index contributed by atoms with van der Waals surface area (Å²) in [6, 6.07) is 73.0. The van der Waals surface area contributed by atoms with E-state index in [9.17, 15) is 0 Å². The molecule has 244 valence electrons. The third kappa shape index (κ3) is 5.16. The van der Waals surface area contributed by atoms with E-state index in [1.807, 2.05) is 11.3 Å². The maximum atomic E-state index is 2.48. The van der Waals surface area contributed by atoms with Crippen molar-refractivity contribution in [2.45, 2.75) is 0 Å². The number of hydrogen-bond acceptors (Lipinski definition) is 2. The fraction of sp³-hybridized carbons (Fsp3) is 0. The highest BCUT2D eigenvalue weighted by atomic mass is 32.1. The summed E-state index contributed by atoms with van der Waals surface area (Å²) in [6.45, 7) is 0. The highest BCUT2D eigenvalue weighted by Crippen LogP contribution is 2.49. The summed E-state index contributed by atoms with van der Waals surface area (Å²) in [5, 5.41) is 7.56. The molecule has 0 aliphatic heterocycles. The molecule has 0 saturated heterocycles. The summed E-state index contributed by atoms with van der Waals surface area (Å²) < 4.78 is 2.59. The second kappa shape index (κ2) is 12.7. The minimum atomic E-state index is 1.11. The molecule has 0 aliphatic rings. The lowest BCUT2D eigenvalue weighted by Gasteiger charge is -2.28. The summed E-state index contributed by atoms with van der Waals surface area (Å²) >= 11 is 1.88. The van der Waals surface area contributed by atoms with Crippen LogP contribution in [-0.4, -0.2) is 0 Å². The molecule has 1 heterocycles. The molecule has 0 bridgehead atoms. The standard InChI is InChI=1S/C50H33NS/c1-4-14-34(15-5-1)42-28-27-40(33-46(42)36-18-8-3-9-19-36)51(39-26-29-43-38(32-39)25-24-37-20-10-11-21-41(37)43)47-31-30-44(35-16-6-2-7-17-35)50-49(47)45-22-12-13-23-48(45)52-50/h1-33H. The fourth-order valence-corrected chi connectivity index (χ4v) is 9.07.